The third-order valence-corrected chi connectivity index (χ3v) is 5.11. The topological polar surface area (TPSA) is 44.7 Å². The first-order valence-electron chi connectivity index (χ1n) is 6.80. The zero-order valence-corrected chi connectivity index (χ0v) is 12.3. The Morgan fingerprint density at radius 1 is 1.56 bits per heavy atom. The highest BCUT2D eigenvalue weighted by Gasteiger charge is 2.39. The van der Waals surface area contributed by atoms with Crippen molar-refractivity contribution in [2.45, 2.75) is 51.1 Å². The summed E-state index contributed by atoms with van der Waals surface area (Å²) >= 11 is 1.77. The maximum absolute atomic E-state index is 12.0. The minimum absolute atomic E-state index is 0.0970. The summed E-state index contributed by atoms with van der Waals surface area (Å²) in [7, 11) is 1.83. The molecular formula is C13H23N3OS. The fourth-order valence-electron chi connectivity index (χ4n) is 2.60. The number of thioether (sulfide) groups is 1. The van der Waals surface area contributed by atoms with Crippen molar-refractivity contribution in [3.63, 3.8) is 0 Å². The molecule has 4 nitrogen and oxygen atoms in total. The minimum Gasteiger partial charge on any atom is -0.359 e. The van der Waals surface area contributed by atoms with Gasteiger partial charge in [-0.3, -0.25) is 4.79 Å². The van der Waals surface area contributed by atoms with Crippen LogP contribution >= 0.6 is 11.8 Å². The Bertz CT molecular complexity index is 350. The maximum atomic E-state index is 12.0. The van der Waals surface area contributed by atoms with Gasteiger partial charge in [-0.15, -0.1) is 0 Å². The second kappa shape index (κ2) is 5.51. The van der Waals surface area contributed by atoms with Gasteiger partial charge in [0, 0.05) is 24.9 Å². The molecule has 0 radical (unpaired) electrons. The fourth-order valence-corrected chi connectivity index (χ4v) is 3.90. The Morgan fingerprint density at radius 3 is 2.83 bits per heavy atom. The first kappa shape index (κ1) is 13.7. The van der Waals surface area contributed by atoms with E-state index in [1.807, 2.05) is 20.9 Å². The van der Waals surface area contributed by atoms with Gasteiger partial charge in [-0.05, 0) is 26.7 Å². The second-order valence-electron chi connectivity index (χ2n) is 5.36. The highest BCUT2D eigenvalue weighted by atomic mass is 32.2. The number of aliphatic imine (C=N–C) groups is 1. The van der Waals surface area contributed by atoms with Gasteiger partial charge in [0.2, 0.25) is 5.91 Å². The van der Waals surface area contributed by atoms with Crippen molar-refractivity contribution in [1.29, 1.82) is 0 Å². The van der Waals surface area contributed by atoms with Crippen LogP contribution in [0.2, 0.25) is 0 Å². The van der Waals surface area contributed by atoms with Crippen LogP contribution in [0.5, 0.6) is 0 Å². The molecule has 1 amide bonds. The molecule has 1 spiro atoms. The predicted molar refractivity (Wildman–Crippen MR) is 77.0 cm³/mol. The monoisotopic (exact) mass is 269 g/mol. The summed E-state index contributed by atoms with van der Waals surface area (Å²) in [6.07, 6.45) is 5.12. The van der Waals surface area contributed by atoms with Crippen LogP contribution in [0.15, 0.2) is 4.99 Å². The van der Waals surface area contributed by atoms with Crippen LogP contribution in [0, 0.1) is 0 Å². The lowest BCUT2D eigenvalue weighted by Gasteiger charge is -2.22. The number of carbonyl (C=O) groups is 1. The number of hydrogen-bond donors (Lipinski definition) is 1. The Morgan fingerprint density at radius 2 is 2.22 bits per heavy atom. The van der Waals surface area contributed by atoms with Crippen molar-refractivity contribution < 1.29 is 4.79 Å². The maximum Gasteiger partial charge on any atom is 0.246 e. The molecule has 1 unspecified atom stereocenters. The van der Waals surface area contributed by atoms with Crippen molar-refractivity contribution in [1.82, 2.24) is 10.2 Å². The molecule has 1 N–H and O–H groups in total. The number of amidine groups is 1. The molecule has 0 aromatic carbocycles. The first-order chi connectivity index (χ1) is 8.56. The van der Waals surface area contributed by atoms with Gasteiger partial charge in [-0.1, -0.05) is 24.6 Å². The average molecular weight is 269 g/mol. The van der Waals surface area contributed by atoms with Crippen LogP contribution in [0.4, 0.5) is 0 Å². The van der Waals surface area contributed by atoms with Crippen LogP contribution in [0.1, 0.15) is 39.5 Å². The third-order valence-electron chi connectivity index (χ3n) is 3.94. The van der Waals surface area contributed by atoms with Crippen LogP contribution in [-0.2, 0) is 4.79 Å². The third kappa shape index (κ3) is 2.82. The van der Waals surface area contributed by atoms with Gasteiger partial charge < -0.3 is 10.2 Å². The van der Waals surface area contributed by atoms with E-state index in [0.29, 0.717) is 0 Å². The molecule has 2 aliphatic rings. The molecule has 2 fully saturated rings. The quantitative estimate of drug-likeness (QED) is 0.850. The predicted octanol–water partition coefficient (Wildman–Crippen LogP) is 1.86. The van der Waals surface area contributed by atoms with Crippen LogP contribution < -0.4 is 5.32 Å². The van der Waals surface area contributed by atoms with Gasteiger partial charge in [-0.25, -0.2) is 4.99 Å². The zero-order valence-electron chi connectivity index (χ0n) is 11.5. The molecule has 5 heteroatoms. The molecule has 1 saturated heterocycles. The highest BCUT2D eigenvalue weighted by molar-refractivity contribution is 8.14. The molecule has 0 bridgehead atoms. The largest absolute Gasteiger partial charge is 0.359 e. The Balaban J connectivity index is 1.96. The number of hydrogen-bond acceptors (Lipinski definition) is 3. The summed E-state index contributed by atoms with van der Waals surface area (Å²) in [6, 6.07) is -0.276. The first-order valence-corrected chi connectivity index (χ1v) is 7.79. The number of amides is 1. The van der Waals surface area contributed by atoms with Gasteiger partial charge in [0.1, 0.15) is 6.04 Å². The lowest BCUT2D eigenvalue weighted by atomic mass is 10.0. The van der Waals surface area contributed by atoms with Gasteiger partial charge in [0.05, 0.1) is 0 Å². The molecule has 0 aromatic heterocycles. The molecule has 102 valence electrons. The minimum atomic E-state index is -0.276. The van der Waals surface area contributed by atoms with E-state index >= 15 is 0 Å². The van der Waals surface area contributed by atoms with E-state index in [9.17, 15) is 4.79 Å². The average Bonchev–Trinajstić information content (AvgIpc) is 2.98. The van der Waals surface area contributed by atoms with Gasteiger partial charge in [0.15, 0.2) is 5.17 Å². The van der Waals surface area contributed by atoms with Crippen LogP contribution in [-0.4, -0.2) is 46.9 Å². The molecule has 18 heavy (non-hydrogen) atoms. The summed E-state index contributed by atoms with van der Waals surface area (Å²) < 4.78 is 0. The van der Waals surface area contributed by atoms with Crippen molar-refractivity contribution in [3.8, 4) is 0 Å². The van der Waals surface area contributed by atoms with E-state index in [1.165, 1.54) is 25.7 Å². The number of nitrogens with one attached hydrogen (secondary N) is 1. The number of carbonyl (C=O) groups excluding carboxylic acids is 1. The van der Waals surface area contributed by atoms with Crippen LogP contribution in [0.3, 0.4) is 0 Å². The van der Waals surface area contributed by atoms with Crippen molar-refractivity contribution in [2.24, 2.45) is 4.99 Å². The van der Waals surface area contributed by atoms with Crippen LogP contribution in [0.25, 0.3) is 0 Å². The Kier molecular flexibility index (Phi) is 4.20. The molecule has 1 heterocycles. The lowest BCUT2D eigenvalue weighted by Crippen LogP contribution is -2.41. The SMILES string of the molecule is CCN(C)C(=O)C(C)N=C1NC2(CCCC2)CS1. The molecule has 0 aromatic rings. The molecule has 1 atom stereocenters. The Labute approximate surface area is 114 Å². The molecule has 1 saturated carbocycles. The number of likely N-dealkylation sites (N-methyl/N-ethyl adjacent to an activating group) is 1. The van der Waals surface area contributed by atoms with E-state index in [2.05, 4.69) is 10.3 Å². The lowest BCUT2D eigenvalue weighted by molar-refractivity contribution is -0.130. The number of rotatable bonds is 3. The van der Waals surface area contributed by atoms with E-state index in [0.717, 1.165) is 17.5 Å². The molecule has 1 aliphatic carbocycles. The van der Waals surface area contributed by atoms with Crippen molar-refractivity contribution in [3.05, 3.63) is 0 Å². The highest BCUT2D eigenvalue weighted by Crippen LogP contribution is 2.37. The van der Waals surface area contributed by atoms with E-state index in [-0.39, 0.29) is 17.5 Å². The molecule has 2 rings (SSSR count). The van der Waals surface area contributed by atoms with E-state index in [4.69, 9.17) is 0 Å². The second-order valence-corrected chi connectivity index (χ2v) is 6.33. The van der Waals surface area contributed by atoms with Gasteiger partial charge >= 0.3 is 0 Å². The standard InChI is InChI=1S/C13H23N3OS/c1-4-16(3)11(17)10(2)14-12-15-13(9-18-12)7-5-6-8-13/h10H,4-9H2,1-3H3,(H,14,15). The molecule has 1 aliphatic heterocycles. The fraction of sp³-hybridized carbons (Fsp3) is 0.846. The Hall–Kier alpha value is -0.710. The van der Waals surface area contributed by atoms with Crippen molar-refractivity contribution >= 4 is 22.8 Å². The summed E-state index contributed by atoms with van der Waals surface area (Å²) in [5, 5.41) is 4.51. The summed E-state index contributed by atoms with van der Waals surface area (Å²) in [5.41, 5.74) is 0.281. The van der Waals surface area contributed by atoms with Gasteiger partial charge in [0.25, 0.3) is 0 Å². The zero-order chi connectivity index (χ0) is 13.2. The van der Waals surface area contributed by atoms with E-state index < -0.39 is 0 Å². The number of nitrogens with zero attached hydrogens (tertiary/aromatic N) is 2. The molecular weight excluding hydrogens is 246 g/mol. The van der Waals surface area contributed by atoms with Crippen molar-refractivity contribution in [2.75, 3.05) is 19.3 Å². The normalized spacial score (nSPS) is 25.4. The van der Waals surface area contributed by atoms with E-state index in [1.54, 1.807) is 16.7 Å². The van der Waals surface area contributed by atoms with Gasteiger partial charge in [-0.2, -0.15) is 0 Å². The summed E-state index contributed by atoms with van der Waals surface area (Å²) in [5.74, 6) is 1.20. The summed E-state index contributed by atoms with van der Waals surface area (Å²) in [4.78, 5) is 18.2. The summed E-state index contributed by atoms with van der Waals surface area (Å²) in [6.45, 7) is 4.59. The smallest absolute Gasteiger partial charge is 0.246 e.